The van der Waals surface area contributed by atoms with Crippen molar-refractivity contribution in [2.45, 2.75) is 92.1 Å². The minimum absolute atomic E-state index is 0.374. The number of rotatable bonds is 11. The maximum Gasteiger partial charge on any atom is 0.188 e. The monoisotopic (exact) mass is 578 g/mol. The lowest BCUT2D eigenvalue weighted by molar-refractivity contribution is -0.367. The quantitative estimate of drug-likeness (QED) is 0.0800. The van der Waals surface area contributed by atoms with Crippen LogP contribution < -0.4 is 5.43 Å². The molecule has 3 heterocycles. The number of ether oxygens (including phenoxy) is 6. The van der Waals surface area contributed by atoms with E-state index in [2.05, 4.69) is 5.43 Å². The molecule has 15 atom stereocenters. The SMILES string of the molecule is CN(O)NCOC1OC(CO)C(O)C(OC2OC(COC3OC(CO)C(O)C(O)C3O)C(O)C(O)C2O)C1O. The van der Waals surface area contributed by atoms with E-state index in [1.54, 1.807) is 0 Å². The molecule has 3 saturated heterocycles. The molecule has 3 aliphatic rings. The second-order valence-corrected chi connectivity index (χ2v) is 9.35. The molecule has 39 heavy (non-hydrogen) atoms. The molecule has 0 aromatic carbocycles. The molecule has 19 heteroatoms. The smallest absolute Gasteiger partial charge is 0.188 e. The van der Waals surface area contributed by atoms with E-state index in [-0.39, 0.29) is 6.73 Å². The predicted molar refractivity (Wildman–Crippen MR) is 118 cm³/mol. The van der Waals surface area contributed by atoms with E-state index in [0.717, 1.165) is 0 Å². The number of aliphatic hydroxyl groups is 10. The van der Waals surface area contributed by atoms with Gasteiger partial charge >= 0.3 is 0 Å². The van der Waals surface area contributed by atoms with Crippen LogP contribution in [0.25, 0.3) is 0 Å². The minimum Gasteiger partial charge on any atom is -0.394 e. The summed E-state index contributed by atoms with van der Waals surface area (Å²) < 4.78 is 32.2. The third-order valence-corrected chi connectivity index (χ3v) is 6.60. The van der Waals surface area contributed by atoms with E-state index in [0.29, 0.717) is 5.17 Å². The van der Waals surface area contributed by atoms with E-state index >= 15 is 0 Å². The summed E-state index contributed by atoms with van der Waals surface area (Å²) in [6, 6.07) is 0. The van der Waals surface area contributed by atoms with Gasteiger partial charge in [0.25, 0.3) is 0 Å². The molecule has 0 saturated carbocycles. The zero-order chi connectivity index (χ0) is 29.0. The maximum atomic E-state index is 10.7. The van der Waals surface area contributed by atoms with Crippen LogP contribution in [0.1, 0.15) is 0 Å². The van der Waals surface area contributed by atoms with Gasteiger partial charge in [-0.2, -0.15) is 0 Å². The summed E-state index contributed by atoms with van der Waals surface area (Å²) in [5, 5.41) is 111. The Bertz CT molecular complexity index is 738. The molecule has 0 radical (unpaired) electrons. The summed E-state index contributed by atoms with van der Waals surface area (Å²) in [7, 11) is 1.24. The van der Waals surface area contributed by atoms with Gasteiger partial charge in [0.15, 0.2) is 18.9 Å². The number of hydrogen-bond acceptors (Lipinski definition) is 19. The molecule has 15 unspecified atom stereocenters. The maximum absolute atomic E-state index is 10.7. The summed E-state index contributed by atoms with van der Waals surface area (Å²) in [6.07, 6.45) is -24.6. The van der Waals surface area contributed by atoms with E-state index < -0.39 is 112 Å². The fourth-order valence-electron chi connectivity index (χ4n) is 4.28. The highest BCUT2D eigenvalue weighted by Gasteiger charge is 2.51. The fraction of sp³-hybridized carbons (Fsp3) is 1.00. The highest BCUT2D eigenvalue weighted by molar-refractivity contribution is 4.95. The lowest BCUT2D eigenvalue weighted by Crippen LogP contribution is -2.65. The van der Waals surface area contributed by atoms with Crippen molar-refractivity contribution in [3.8, 4) is 0 Å². The normalized spacial score (nSPS) is 47.5. The first-order valence-electron chi connectivity index (χ1n) is 12.1. The van der Waals surface area contributed by atoms with Crippen molar-refractivity contribution in [3.63, 3.8) is 0 Å². The van der Waals surface area contributed by atoms with Crippen LogP contribution in [0, 0.1) is 0 Å². The summed E-state index contributed by atoms with van der Waals surface area (Å²) in [6.45, 7) is -2.44. The number of hydrazine groups is 1. The van der Waals surface area contributed by atoms with Gasteiger partial charge in [-0.3, -0.25) is 5.21 Å². The average molecular weight is 579 g/mol. The molecule has 0 aromatic heterocycles. The molecule has 19 nitrogen and oxygen atoms in total. The van der Waals surface area contributed by atoms with Crippen LogP contribution in [0.5, 0.6) is 0 Å². The Hall–Kier alpha value is -0.760. The first kappa shape index (κ1) is 32.8. The Balaban J connectivity index is 1.67. The minimum atomic E-state index is -1.90. The summed E-state index contributed by atoms with van der Waals surface area (Å²) in [5.41, 5.74) is 2.33. The zero-order valence-corrected chi connectivity index (χ0v) is 20.8. The number of hydrogen-bond donors (Lipinski definition) is 12. The van der Waals surface area contributed by atoms with Gasteiger partial charge in [0.05, 0.1) is 19.8 Å². The summed E-state index contributed by atoms with van der Waals surface area (Å²) >= 11 is 0. The summed E-state index contributed by atoms with van der Waals surface area (Å²) in [4.78, 5) is 0. The van der Waals surface area contributed by atoms with Gasteiger partial charge in [-0.25, -0.2) is 5.43 Å². The van der Waals surface area contributed by atoms with Gasteiger partial charge in [0, 0.05) is 7.05 Å². The number of nitrogens with zero attached hydrogens (tertiary/aromatic N) is 1. The van der Waals surface area contributed by atoms with Crippen LogP contribution in [-0.2, 0) is 28.4 Å². The van der Waals surface area contributed by atoms with Crippen LogP contribution in [0.4, 0.5) is 0 Å². The highest BCUT2D eigenvalue weighted by Crippen LogP contribution is 2.30. The van der Waals surface area contributed by atoms with Crippen molar-refractivity contribution in [2.24, 2.45) is 0 Å². The zero-order valence-electron chi connectivity index (χ0n) is 20.8. The standard InChI is InChI=1S/C20H38N2O17/c1-22(33)21-5-35-19-16(32)17(11(27)7(3-24)37-19)39-20-15(31)13(29)10(26)8(38-20)4-34-18-14(30)12(28)9(25)6(2-23)36-18/h6-21,23-33H,2-5H2,1H3. The molecule has 12 N–H and O–H groups in total. The molecule has 3 aliphatic heterocycles. The topological polar surface area (TPSA) is 293 Å². The molecular formula is C20H38N2O17. The molecule has 3 fully saturated rings. The van der Waals surface area contributed by atoms with Crippen molar-refractivity contribution in [1.29, 1.82) is 0 Å². The predicted octanol–water partition coefficient (Wildman–Crippen LogP) is -7.77. The second kappa shape index (κ2) is 14.4. The number of hydroxylamine groups is 1. The van der Waals surface area contributed by atoms with E-state index in [1.165, 1.54) is 7.05 Å². The van der Waals surface area contributed by atoms with Crippen molar-refractivity contribution in [1.82, 2.24) is 10.6 Å². The van der Waals surface area contributed by atoms with E-state index in [9.17, 15) is 51.1 Å². The van der Waals surface area contributed by atoms with Crippen molar-refractivity contribution >= 4 is 0 Å². The number of nitrogens with one attached hydrogen (secondary N) is 1. The fourth-order valence-corrected chi connectivity index (χ4v) is 4.28. The van der Waals surface area contributed by atoms with Crippen LogP contribution in [0.15, 0.2) is 0 Å². The molecule has 0 aromatic rings. The van der Waals surface area contributed by atoms with E-state index in [1.807, 2.05) is 0 Å². The Kier molecular flexibility index (Phi) is 12.1. The Morgan fingerprint density at radius 3 is 1.67 bits per heavy atom. The van der Waals surface area contributed by atoms with Gasteiger partial charge in [-0.05, 0) is 0 Å². The van der Waals surface area contributed by atoms with Crippen LogP contribution in [0.3, 0.4) is 0 Å². The van der Waals surface area contributed by atoms with Gasteiger partial charge in [-0.1, -0.05) is 0 Å². The van der Waals surface area contributed by atoms with Gasteiger partial charge in [0.2, 0.25) is 0 Å². The molecule has 0 spiro atoms. The summed E-state index contributed by atoms with van der Waals surface area (Å²) in [5.74, 6) is 0. The number of aliphatic hydroxyl groups excluding tert-OH is 10. The van der Waals surface area contributed by atoms with Crippen LogP contribution in [-0.4, -0.2) is 187 Å². The lowest BCUT2D eigenvalue weighted by atomic mass is 9.97. The first-order valence-corrected chi connectivity index (χ1v) is 12.1. The molecule has 0 bridgehead atoms. The lowest BCUT2D eigenvalue weighted by Gasteiger charge is -2.46. The third kappa shape index (κ3) is 7.55. The molecule has 0 aliphatic carbocycles. The molecule has 3 rings (SSSR count). The van der Waals surface area contributed by atoms with Gasteiger partial charge in [-0.15, -0.1) is 5.17 Å². The molecule has 230 valence electrons. The largest absolute Gasteiger partial charge is 0.394 e. The third-order valence-electron chi connectivity index (χ3n) is 6.60. The second-order valence-electron chi connectivity index (χ2n) is 9.35. The van der Waals surface area contributed by atoms with Crippen molar-refractivity contribution < 1.29 is 84.7 Å². The molecule has 0 amide bonds. The van der Waals surface area contributed by atoms with Crippen molar-refractivity contribution in [2.75, 3.05) is 33.6 Å². The van der Waals surface area contributed by atoms with Gasteiger partial charge in [0.1, 0.15) is 80.0 Å². The average Bonchev–Trinajstić information content (AvgIpc) is 2.90. The Labute approximate surface area is 221 Å². The van der Waals surface area contributed by atoms with Gasteiger partial charge < -0.3 is 79.5 Å². The Morgan fingerprint density at radius 1 is 0.615 bits per heavy atom. The molecular weight excluding hydrogens is 540 g/mol. The van der Waals surface area contributed by atoms with E-state index in [4.69, 9.17) is 33.6 Å². The van der Waals surface area contributed by atoms with Crippen LogP contribution in [0.2, 0.25) is 0 Å². The first-order chi connectivity index (χ1) is 18.4. The van der Waals surface area contributed by atoms with Crippen molar-refractivity contribution in [3.05, 3.63) is 0 Å². The Morgan fingerprint density at radius 2 is 1.10 bits per heavy atom. The van der Waals surface area contributed by atoms with Crippen LogP contribution >= 0.6 is 0 Å². The highest BCUT2D eigenvalue weighted by atomic mass is 16.8.